The van der Waals surface area contributed by atoms with E-state index >= 15 is 0 Å². The fourth-order valence-electron chi connectivity index (χ4n) is 3.01. The highest BCUT2D eigenvalue weighted by Gasteiger charge is 2.34. The number of hydrogen-bond donors (Lipinski definition) is 1. The van der Waals surface area contributed by atoms with Gasteiger partial charge in [-0.1, -0.05) is 30.0 Å². The van der Waals surface area contributed by atoms with E-state index in [4.69, 9.17) is 36.3 Å². The normalized spacial score (nSPS) is 16.2. The van der Waals surface area contributed by atoms with Crippen molar-refractivity contribution < 1.29 is 33.6 Å². The van der Waals surface area contributed by atoms with Crippen LogP contribution in [-0.4, -0.2) is 41.8 Å². The Hall–Kier alpha value is -3.24. The first-order valence-electron chi connectivity index (χ1n) is 9.16. The molecule has 1 N–H and O–H groups in total. The molecule has 1 amide bonds. The number of rotatable bonds is 7. The predicted molar refractivity (Wildman–Crippen MR) is 119 cm³/mol. The van der Waals surface area contributed by atoms with E-state index in [1.807, 2.05) is 0 Å². The topological polar surface area (TPSA) is 94.5 Å². The maximum absolute atomic E-state index is 13.0. The van der Waals surface area contributed by atoms with Gasteiger partial charge in [-0.05, 0) is 35.9 Å². The zero-order valence-electron chi connectivity index (χ0n) is 16.3. The van der Waals surface area contributed by atoms with Gasteiger partial charge in [0.15, 0.2) is 27.3 Å². The Morgan fingerprint density at radius 1 is 1.23 bits per heavy atom. The Labute approximate surface area is 187 Å². The molecule has 2 aliphatic rings. The quantitative estimate of drug-likeness (QED) is 0.491. The molecule has 1 fully saturated rings. The molecule has 0 aliphatic carbocycles. The maximum atomic E-state index is 13.0. The van der Waals surface area contributed by atoms with Gasteiger partial charge in [-0.2, -0.15) is 0 Å². The van der Waals surface area contributed by atoms with E-state index in [1.165, 1.54) is 23.8 Å². The van der Waals surface area contributed by atoms with Crippen molar-refractivity contribution in [1.29, 1.82) is 0 Å². The second-order valence-electron chi connectivity index (χ2n) is 6.46. The molecule has 31 heavy (non-hydrogen) atoms. The molecule has 0 atom stereocenters. The molecule has 2 heterocycles. The molecule has 0 bridgehead atoms. The molecular formula is C21H17NO7S2. The van der Waals surface area contributed by atoms with Crippen LogP contribution in [0.25, 0.3) is 6.08 Å². The van der Waals surface area contributed by atoms with Gasteiger partial charge in [-0.15, -0.1) is 0 Å². The second-order valence-corrected chi connectivity index (χ2v) is 8.13. The lowest BCUT2D eigenvalue weighted by atomic mass is 10.1. The number of amides is 1. The monoisotopic (exact) mass is 459 g/mol. The zero-order chi connectivity index (χ0) is 22.0. The lowest BCUT2D eigenvalue weighted by Crippen LogP contribution is -2.27. The summed E-state index contributed by atoms with van der Waals surface area (Å²) >= 11 is 6.62. The van der Waals surface area contributed by atoms with Gasteiger partial charge in [0, 0.05) is 6.07 Å². The number of carboxylic acid groups (broad SMARTS) is 1. The number of ether oxygens (including phenoxy) is 4. The number of carbonyl (C=O) groups is 2. The number of carboxylic acids is 1. The van der Waals surface area contributed by atoms with Gasteiger partial charge >= 0.3 is 5.97 Å². The summed E-state index contributed by atoms with van der Waals surface area (Å²) in [5, 5.41) is 8.74. The van der Waals surface area contributed by atoms with E-state index in [1.54, 1.807) is 42.5 Å². The SMILES string of the molecule is COc1cc(/C=C2/SC(=S)N(c3ccc4c(c3)OCO4)C2=O)ccc1OCCC(=O)O. The Morgan fingerprint density at radius 3 is 2.81 bits per heavy atom. The molecule has 10 heteroatoms. The molecule has 0 unspecified atom stereocenters. The summed E-state index contributed by atoms with van der Waals surface area (Å²) in [6, 6.07) is 10.4. The minimum absolute atomic E-state index is 0.0270. The Morgan fingerprint density at radius 2 is 2.03 bits per heavy atom. The predicted octanol–water partition coefficient (Wildman–Crippen LogP) is 3.68. The molecule has 0 saturated carbocycles. The van der Waals surface area contributed by atoms with E-state index in [0.29, 0.717) is 43.5 Å². The first-order valence-corrected chi connectivity index (χ1v) is 10.4. The Kier molecular flexibility index (Phi) is 6.01. The third kappa shape index (κ3) is 4.44. The summed E-state index contributed by atoms with van der Waals surface area (Å²) in [5.74, 6) is 0.870. The van der Waals surface area contributed by atoms with Crippen LogP contribution in [0.2, 0.25) is 0 Å². The van der Waals surface area contributed by atoms with E-state index in [0.717, 1.165) is 0 Å². The van der Waals surface area contributed by atoms with Crippen molar-refractivity contribution in [3.63, 3.8) is 0 Å². The Balaban J connectivity index is 1.54. The summed E-state index contributed by atoms with van der Waals surface area (Å²) in [4.78, 5) is 25.6. The minimum Gasteiger partial charge on any atom is -0.493 e. The van der Waals surface area contributed by atoms with Crippen LogP contribution in [0.15, 0.2) is 41.3 Å². The van der Waals surface area contributed by atoms with Gasteiger partial charge in [0.25, 0.3) is 5.91 Å². The van der Waals surface area contributed by atoms with Crippen molar-refractivity contribution in [1.82, 2.24) is 0 Å². The van der Waals surface area contributed by atoms with Crippen LogP contribution in [0.5, 0.6) is 23.0 Å². The summed E-state index contributed by atoms with van der Waals surface area (Å²) in [6.45, 7) is 0.175. The van der Waals surface area contributed by atoms with Crippen LogP contribution < -0.4 is 23.8 Å². The van der Waals surface area contributed by atoms with Crippen molar-refractivity contribution in [2.24, 2.45) is 0 Å². The number of thiocarbonyl (C=S) groups is 1. The summed E-state index contributed by atoms with van der Waals surface area (Å²) in [7, 11) is 1.49. The second kappa shape index (κ2) is 8.86. The average Bonchev–Trinajstić information content (AvgIpc) is 3.32. The fraction of sp³-hybridized carbons (Fsp3) is 0.190. The first kappa shape index (κ1) is 21.0. The van der Waals surface area contributed by atoms with Crippen LogP contribution in [0.1, 0.15) is 12.0 Å². The largest absolute Gasteiger partial charge is 0.493 e. The van der Waals surface area contributed by atoms with E-state index in [9.17, 15) is 9.59 Å². The van der Waals surface area contributed by atoms with Gasteiger partial charge in [-0.25, -0.2) is 0 Å². The molecule has 8 nitrogen and oxygen atoms in total. The number of fused-ring (bicyclic) bond motifs is 1. The number of thioether (sulfide) groups is 1. The van der Waals surface area contributed by atoms with E-state index < -0.39 is 5.97 Å². The molecule has 2 aliphatic heterocycles. The highest BCUT2D eigenvalue weighted by atomic mass is 32.2. The Bertz CT molecular complexity index is 1100. The molecule has 0 aromatic heterocycles. The highest BCUT2D eigenvalue weighted by molar-refractivity contribution is 8.27. The first-order chi connectivity index (χ1) is 15.0. The molecule has 4 rings (SSSR count). The summed E-state index contributed by atoms with van der Waals surface area (Å²) in [6.07, 6.45) is 1.60. The van der Waals surface area contributed by atoms with Crippen LogP contribution in [0.3, 0.4) is 0 Å². The van der Waals surface area contributed by atoms with Crippen molar-refractivity contribution in [2.45, 2.75) is 6.42 Å². The lowest BCUT2D eigenvalue weighted by molar-refractivity contribution is -0.137. The molecule has 160 valence electrons. The molecular weight excluding hydrogens is 442 g/mol. The number of benzene rings is 2. The van der Waals surface area contributed by atoms with Gasteiger partial charge in [0.05, 0.1) is 30.7 Å². The number of hydrogen-bond acceptors (Lipinski definition) is 8. The van der Waals surface area contributed by atoms with Gasteiger partial charge in [0.2, 0.25) is 6.79 Å². The number of methoxy groups -OCH3 is 1. The van der Waals surface area contributed by atoms with Crippen molar-refractivity contribution in [3.8, 4) is 23.0 Å². The standard InChI is InChI=1S/C21H17NO7S2/c1-26-16-8-12(2-4-14(16)27-7-6-19(23)24)9-18-20(25)22(21(30)31-18)13-3-5-15-17(10-13)29-11-28-15/h2-5,8-10H,6-7,11H2,1H3,(H,23,24)/b18-9+. The fourth-order valence-corrected chi connectivity index (χ4v) is 4.31. The number of nitrogens with zero attached hydrogens (tertiary/aromatic N) is 1. The van der Waals surface area contributed by atoms with Gasteiger partial charge in [0.1, 0.15) is 0 Å². The van der Waals surface area contributed by atoms with E-state index in [2.05, 4.69) is 0 Å². The highest BCUT2D eigenvalue weighted by Crippen LogP contribution is 2.41. The molecule has 1 saturated heterocycles. The van der Waals surface area contributed by atoms with Crippen LogP contribution in [0, 0.1) is 0 Å². The minimum atomic E-state index is -0.944. The molecule has 0 spiro atoms. The smallest absolute Gasteiger partial charge is 0.306 e. The number of anilines is 1. The van der Waals surface area contributed by atoms with Crippen LogP contribution >= 0.6 is 24.0 Å². The van der Waals surface area contributed by atoms with Crippen molar-refractivity contribution in [3.05, 3.63) is 46.9 Å². The van der Waals surface area contributed by atoms with E-state index in [-0.39, 0.29) is 25.7 Å². The van der Waals surface area contributed by atoms with Gasteiger partial charge < -0.3 is 24.1 Å². The van der Waals surface area contributed by atoms with Crippen molar-refractivity contribution >= 4 is 51.9 Å². The average molecular weight is 460 g/mol. The summed E-state index contributed by atoms with van der Waals surface area (Å²) < 4.78 is 21.9. The number of carbonyl (C=O) groups excluding carboxylic acids is 1. The summed E-state index contributed by atoms with van der Waals surface area (Å²) in [5.41, 5.74) is 1.32. The molecule has 2 aromatic rings. The molecule has 0 radical (unpaired) electrons. The lowest BCUT2D eigenvalue weighted by Gasteiger charge is -2.14. The van der Waals surface area contributed by atoms with Crippen LogP contribution in [-0.2, 0) is 9.59 Å². The molecule has 2 aromatic carbocycles. The van der Waals surface area contributed by atoms with Gasteiger partial charge in [-0.3, -0.25) is 14.5 Å². The van der Waals surface area contributed by atoms with Crippen molar-refractivity contribution in [2.75, 3.05) is 25.4 Å². The third-order valence-electron chi connectivity index (χ3n) is 4.47. The van der Waals surface area contributed by atoms with Crippen LogP contribution in [0.4, 0.5) is 5.69 Å². The maximum Gasteiger partial charge on any atom is 0.306 e. The third-order valence-corrected chi connectivity index (χ3v) is 5.77. The zero-order valence-corrected chi connectivity index (χ0v) is 18.0. The number of aliphatic carboxylic acids is 1.